The van der Waals surface area contributed by atoms with E-state index in [1.807, 2.05) is 34.9 Å². The van der Waals surface area contributed by atoms with E-state index >= 15 is 0 Å². The second kappa shape index (κ2) is 7.98. The lowest BCUT2D eigenvalue weighted by Crippen LogP contribution is -2.47. The van der Waals surface area contributed by atoms with Gasteiger partial charge in [0.1, 0.15) is 18.0 Å². The minimum atomic E-state index is -0.357. The van der Waals surface area contributed by atoms with Crippen molar-refractivity contribution in [1.29, 1.82) is 0 Å². The fraction of sp³-hybridized carbons (Fsp3) is 0.565. The van der Waals surface area contributed by atoms with Crippen molar-refractivity contribution in [3.8, 4) is 0 Å². The summed E-state index contributed by atoms with van der Waals surface area (Å²) in [7, 11) is 1.78. The van der Waals surface area contributed by atoms with Crippen molar-refractivity contribution in [3.63, 3.8) is 0 Å². The van der Waals surface area contributed by atoms with E-state index in [1.165, 1.54) is 0 Å². The molecule has 0 amide bonds. The molecule has 0 aromatic carbocycles. The molecule has 1 aromatic rings. The number of aryl methyl sites for hydroxylation is 1. The van der Waals surface area contributed by atoms with Gasteiger partial charge >= 0.3 is 5.97 Å². The number of pyridine rings is 1. The second-order valence-corrected chi connectivity index (χ2v) is 8.57. The molecule has 0 radical (unpaired) electrons. The molecule has 0 saturated heterocycles. The Bertz CT molecular complexity index is 853. The summed E-state index contributed by atoms with van der Waals surface area (Å²) in [5.41, 5.74) is 1.44. The van der Waals surface area contributed by atoms with Crippen molar-refractivity contribution in [3.05, 3.63) is 52.2 Å². The highest BCUT2D eigenvalue weighted by atomic mass is 16.5. The van der Waals surface area contributed by atoms with Crippen LogP contribution >= 0.6 is 0 Å². The number of hydrogen-bond donors (Lipinski definition) is 0. The van der Waals surface area contributed by atoms with Crippen molar-refractivity contribution in [1.82, 2.24) is 4.57 Å². The molecule has 0 N–H and O–H groups in total. The maximum Gasteiger partial charge on any atom is 0.330 e. The number of allylic oxidation sites excluding steroid dienone is 3. The molecular weight excluding hydrogens is 352 g/mol. The Morgan fingerprint density at radius 2 is 1.93 bits per heavy atom. The van der Waals surface area contributed by atoms with Gasteiger partial charge in [-0.2, -0.15) is 0 Å². The van der Waals surface area contributed by atoms with Gasteiger partial charge in [-0.3, -0.25) is 4.79 Å². The molecule has 5 heteroatoms. The van der Waals surface area contributed by atoms with Gasteiger partial charge in [0.15, 0.2) is 0 Å². The van der Waals surface area contributed by atoms with Crippen LogP contribution in [0, 0.1) is 11.8 Å². The summed E-state index contributed by atoms with van der Waals surface area (Å²) in [6.07, 6.45) is 9.49. The molecule has 0 atom stereocenters. The van der Waals surface area contributed by atoms with Crippen molar-refractivity contribution >= 4 is 11.7 Å². The summed E-state index contributed by atoms with van der Waals surface area (Å²) in [4.78, 5) is 27.5. The van der Waals surface area contributed by atoms with Gasteiger partial charge in [-0.05, 0) is 61.8 Å². The number of carbonyl (C=O) groups is 1. The van der Waals surface area contributed by atoms with E-state index in [0.29, 0.717) is 23.3 Å². The second-order valence-electron chi connectivity index (χ2n) is 8.57. The Morgan fingerprint density at radius 3 is 2.54 bits per heavy atom. The average molecular weight is 385 g/mol. The zero-order chi connectivity index (χ0) is 20.5. The predicted octanol–water partition coefficient (Wildman–Crippen LogP) is 4.02. The van der Waals surface area contributed by atoms with Crippen LogP contribution < -0.4 is 10.5 Å². The molecule has 1 aromatic heterocycles. The van der Waals surface area contributed by atoms with Gasteiger partial charge in [0, 0.05) is 12.7 Å². The van der Waals surface area contributed by atoms with E-state index in [9.17, 15) is 9.59 Å². The third-order valence-electron chi connectivity index (χ3n) is 6.31. The Hall–Kier alpha value is -2.30. The number of anilines is 1. The van der Waals surface area contributed by atoms with E-state index in [2.05, 4.69) is 27.7 Å². The largest absolute Gasteiger partial charge is 0.426 e. The molecule has 0 spiro atoms. The normalized spacial score (nSPS) is 17.6. The Balaban J connectivity index is 1.86. The van der Waals surface area contributed by atoms with Crippen molar-refractivity contribution in [2.45, 2.75) is 58.9 Å². The molecule has 0 bridgehead atoms. The Morgan fingerprint density at radius 1 is 1.21 bits per heavy atom. The van der Waals surface area contributed by atoms with Crippen LogP contribution in [0.5, 0.6) is 0 Å². The van der Waals surface area contributed by atoms with Crippen LogP contribution in [0.1, 0.15) is 52.7 Å². The van der Waals surface area contributed by atoms with E-state index in [-0.39, 0.29) is 23.6 Å². The molecule has 1 aliphatic carbocycles. The molecule has 3 rings (SSSR count). The van der Waals surface area contributed by atoms with E-state index in [4.69, 9.17) is 4.74 Å². The molecule has 28 heavy (non-hydrogen) atoms. The first kappa shape index (κ1) is 20.4. The molecular formula is C23H32N2O3. The predicted molar refractivity (Wildman–Crippen MR) is 112 cm³/mol. The molecule has 2 heterocycles. The number of likely N-dealkylation sites (N-methyl/N-ethyl adjacent to an activating group) is 1. The van der Waals surface area contributed by atoms with Crippen molar-refractivity contribution < 1.29 is 9.53 Å². The van der Waals surface area contributed by atoms with Gasteiger partial charge in [-0.1, -0.05) is 33.8 Å². The number of nitrogens with zero attached hydrogens (tertiary/aromatic N) is 2. The van der Waals surface area contributed by atoms with Gasteiger partial charge in [0.05, 0.1) is 5.54 Å². The van der Waals surface area contributed by atoms with E-state index in [0.717, 1.165) is 31.4 Å². The molecule has 5 nitrogen and oxygen atoms in total. The first-order chi connectivity index (χ1) is 13.3. The monoisotopic (exact) mass is 384 g/mol. The first-order valence-electron chi connectivity index (χ1n) is 10.3. The zero-order valence-corrected chi connectivity index (χ0v) is 17.7. The van der Waals surface area contributed by atoms with E-state index in [1.54, 1.807) is 11.9 Å². The molecule has 0 fully saturated rings. The summed E-state index contributed by atoms with van der Waals surface area (Å²) < 4.78 is 7.42. The van der Waals surface area contributed by atoms with Crippen LogP contribution in [-0.4, -0.2) is 24.1 Å². The lowest BCUT2D eigenvalue weighted by atomic mass is 9.75. The molecule has 0 unspecified atom stereocenters. The van der Waals surface area contributed by atoms with Gasteiger partial charge in [0.2, 0.25) is 0 Å². The summed E-state index contributed by atoms with van der Waals surface area (Å²) in [5.74, 6) is 0.933. The third kappa shape index (κ3) is 3.54. The highest BCUT2D eigenvalue weighted by Gasteiger charge is 2.44. The van der Waals surface area contributed by atoms with Crippen LogP contribution in [-0.2, 0) is 21.5 Å². The van der Waals surface area contributed by atoms with Gasteiger partial charge < -0.3 is 14.2 Å². The number of ether oxygens (including phenoxy) is 1. The van der Waals surface area contributed by atoms with Crippen molar-refractivity contribution in [2.75, 3.05) is 18.5 Å². The third-order valence-corrected chi connectivity index (χ3v) is 6.31. The standard InChI is InChI=1S/C23H32N2O3/c1-16(2)23(17(3)4)14-13-18-11-12-20(22(27)25(18)23)24(5)15-21(26)28-19-9-7-6-8-10-19/h7,9-12,16-17H,6,8,13-15H2,1-5H3. The lowest BCUT2D eigenvalue weighted by Gasteiger charge is -2.40. The maximum atomic E-state index is 13.4. The summed E-state index contributed by atoms with van der Waals surface area (Å²) >= 11 is 0. The summed E-state index contributed by atoms with van der Waals surface area (Å²) in [5, 5.41) is 0. The van der Waals surface area contributed by atoms with Crippen LogP contribution in [0.4, 0.5) is 5.69 Å². The maximum absolute atomic E-state index is 13.4. The SMILES string of the molecule is CC(C)C1(C(C)C)CCc2ccc(N(C)CC(=O)OC3=CCCC=C3)c(=O)n21. The van der Waals surface area contributed by atoms with Gasteiger partial charge in [-0.15, -0.1) is 0 Å². The number of rotatable bonds is 6. The fourth-order valence-corrected chi connectivity index (χ4v) is 4.82. The number of fused-ring (bicyclic) bond motifs is 1. The lowest BCUT2D eigenvalue weighted by molar-refractivity contribution is -0.137. The quantitative estimate of drug-likeness (QED) is 0.695. The molecule has 0 saturated carbocycles. The van der Waals surface area contributed by atoms with Gasteiger partial charge in [0.25, 0.3) is 5.56 Å². The zero-order valence-electron chi connectivity index (χ0n) is 17.7. The summed E-state index contributed by atoms with van der Waals surface area (Å²) in [6.45, 7) is 8.82. The van der Waals surface area contributed by atoms with Crippen LogP contribution in [0.15, 0.2) is 40.9 Å². The van der Waals surface area contributed by atoms with Crippen molar-refractivity contribution in [2.24, 2.45) is 11.8 Å². The smallest absolute Gasteiger partial charge is 0.330 e. The fourth-order valence-electron chi connectivity index (χ4n) is 4.82. The first-order valence-corrected chi connectivity index (χ1v) is 10.3. The Labute approximate surface area is 167 Å². The topological polar surface area (TPSA) is 51.5 Å². The number of carbonyl (C=O) groups excluding carboxylic acids is 1. The molecule has 1 aliphatic heterocycles. The summed E-state index contributed by atoms with van der Waals surface area (Å²) in [6, 6.07) is 3.88. The van der Waals surface area contributed by atoms with Gasteiger partial charge in [-0.25, -0.2) is 4.79 Å². The van der Waals surface area contributed by atoms with Crippen LogP contribution in [0.3, 0.4) is 0 Å². The van der Waals surface area contributed by atoms with E-state index < -0.39 is 0 Å². The highest BCUT2D eigenvalue weighted by molar-refractivity contribution is 5.76. The number of hydrogen-bond acceptors (Lipinski definition) is 4. The molecule has 2 aliphatic rings. The minimum absolute atomic E-state index is 0.00974. The minimum Gasteiger partial charge on any atom is -0.426 e. The number of aromatic nitrogens is 1. The highest BCUT2D eigenvalue weighted by Crippen LogP contribution is 2.43. The Kier molecular flexibility index (Phi) is 5.82. The van der Waals surface area contributed by atoms with Crippen LogP contribution in [0.2, 0.25) is 0 Å². The average Bonchev–Trinajstić information content (AvgIpc) is 3.04. The van der Waals surface area contributed by atoms with Crippen LogP contribution in [0.25, 0.3) is 0 Å². The molecule has 152 valence electrons. The number of esters is 1.